The van der Waals surface area contributed by atoms with Crippen LogP contribution in [-0.4, -0.2) is 10.9 Å². The number of aromatic nitrogens is 1. The van der Waals surface area contributed by atoms with Crippen molar-refractivity contribution in [3.63, 3.8) is 0 Å². The first-order valence-corrected chi connectivity index (χ1v) is 6.84. The van der Waals surface area contributed by atoms with Gasteiger partial charge in [0.1, 0.15) is 0 Å². The highest BCUT2D eigenvalue weighted by Gasteiger charge is 2.18. The number of hydrogen-bond acceptors (Lipinski definition) is 3. The van der Waals surface area contributed by atoms with E-state index in [1.54, 1.807) is 24.5 Å². The number of rotatable bonds is 2. The minimum absolute atomic E-state index is 0.0989. The van der Waals surface area contributed by atoms with Gasteiger partial charge in [-0.25, -0.2) is 0 Å². The summed E-state index contributed by atoms with van der Waals surface area (Å²) in [6, 6.07) is 9.45. The molecule has 102 valence electrons. The van der Waals surface area contributed by atoms with Crippen LogP contribution in [0.25, 0.3) is 0 Å². The maximum atomic E-state index is 12.2. The average Bonchev–Trinajstić information content (AvgIpc) is 2.48. The number of nitrogens with one attached hydrogen (secondary N) is 1. The van der Waals surface area contributed by atoms with Crippen molar-refractivity contribution < 1.29 is 4.79 Å². The number of hydrogen-bond donors (Lipinski definition) is 2. The molecule has 20 heavy (non-hydrogen) atoms. The fourth-order valence-corrected chi connectivity index (χ4v) is 2.63. The second-order valence-electron chi connectivity index (χ2n) is 5.10. The van der Waals surface area contributed by atoms with E-state index in [0.717, 1.165) is 24.9 Å². The van der Waals surface area contributed by atoms with Gasteiger partial charge in [-0.05, 0) is 54.7 Å². The van der Waals surface area contributed by atoms with E-state index in [1.807, 2.05) is 18.2 Å². The summed E-state index contributed by atoms with van der Waals surface area (Å²) in [6.45, 7) is 0. The molecule has 1 aliphatic carbocycles. The SMILES string of the molecule is NC1CCCc2cc(C(=O)Nc3ccncc3)ccc21. The summed E-state index contributed by atoms with van der Waals surface area (Å²) >= 11 is 0. The summed E-state index contributed by atoms with van der Waals surface area (Å²) in [6.07, 6.45) is 6.42. The summed E-state index contributed by atoms with van der Waals surface area (Å²) in [5.74, 6) is -0.0989. The van der Waals surface area contributed by atoms with E-state index in [2.05, 4.69) is 10.3 Å². The number of fused-ring (bicyclic) bond motifs is 1. The minimum atomic E-state index is -0.0989. The van der Waals surface area contributed by atoms with Crippen molar-refractivity contribution in [1.29, 1.82) is 0 Å². The van der Waals surface area contributed by atoms with Gasteiger partial charge in [0, 0.05) is 29.7 Å². The molecule has 0 saturated heterocycles. The number of benzene rings is 1. The smallest absolute Gasteiger partial charge is 0.255 e. The molecule has 0 saturated carbocycles. The fraction of sp³-hybridized carbons (Fsp3) is 0.250. The largest absolute Gasteiger partial charge is 0.324 e. The third-order valence-electron chi connectivity index (χ3n) is 3.70. The second-order valence-corrected chi connectivity index (χ2v) is 5.10. The van der Waals surface area contributed by atoms with Gasteiger partial charge in [0.05, 0.1) is 0 Å². The van der Waals surface area contributed by atoms with E-state index in [4.69, 9.17) is 5.73 Å². The molecule has 2 aromatic rings. The number of carbonyl (C=O) groups excluding carboxylic acids is 1. The van der Waals surface area contributed by atoms with E-state index >= 15 is 0 Å². The zero-order valence-electron chi connectivity index (χ0n) is 11.2. The molecular formula is C16H17N3O. The standard InChI is InChI=1S/C16H17N3O/c17-15-3-1-2-11-10-12(4-5-14(11)15)16(20)19-13-6-8-18-9-7-13/h4-10,15H,1-3,17H2,(H,18,19,20). The van der Waals surface area contributed by atoms with Gasteiger partial charge in [0.15, 0.2) is 0 Å². The molecule has 1 aliphatic rings. The lowest BCUT2D eigenvalue weighted by atomic mass is 9.87. The molecule has 4 nitrogen and oxygen atoms in total. The summed E-state index contributed by atoms with van der Waals surface area (Å²) in [5.41, 5.74) is 9.89. The molecule has 1 aromatic heterocycles. The Bertz CT molecular complexity index is 625. The number of amides is 1. The predicted molar refractivity (Wildman–Crippen MR) is 78.5 cm³/mol. The van der Waals surface area contributed by atoms with Crippen molar-refractivity contribution in [3.05, 3.63) is 59.4 Å². The highest BCUT2D eigenvalue weighted by atomic mass is 16.1. The van der Waals surface area contributed by atoms with Crippen molar-refractivity contribution in [2.24, 2.45) is 5.73 Å². The number of anilines is 1. The van der Waals surface area contributed by atoms with Gasteiger partial charge in [-0.15, -0.1) is 0 Å². The quantitative estimate of drug-likeness (QED) is 0.879. The van der Waals surface area contributed by atoms with Crippen LogP contribution in [0.3, 0.4) is 0 Å². The Morgan fingerprint density at radius 2 is 2.05 bits per heavy atom. The van der Waals surface area contributed by atoms with Crippen LogP contribution in [0, 0.1) is 0 Å². The average molecular weight is 267 g/mol. The third kappa shape index (κ3) is 2.56. The molecule has 1 aromatic carbocycles. The Balaban J connectivity index is 1.82. The maximum absolute atomic E-state index is 12.2. The van der Waals surface area contributed by atoms with Crippen molar-refractivity contribution in [2.75, 3.05) is 5.32 Å². The summed E-state index contributed by atoms with van der Waals surface area (Å²) < 4.78 is 0. The maximum Gasteiger partial charge on any atom is 0.255 e. The van der Waals surface area contributed by atoms with Gasteiger partial charge in [0.2, 0.25) is 0 Å². The first-order chi connectivity index (χ1) is 9.74. The molecule has 0 fully saturated rings. The molecule has 0 aliphatic heterocycles. The summed E-state index contributed by atoms with van der Waals surface area (Å²) in [7, 11) is 0. The Morgan fingerprint density at radius 3 is 2.85 bits per heavy atom. The monoisotopic (exact) mass is 267 g/mol. The number of nitrogens with zero attached hydrogens (tertiary/aromatic N) is 1. The second kappa shape index (κ2) is 5.43. The zero-order chi connectivity index (χ0) is 13.9. The van der Waals surface area contributed by atoms with Crippen LogP contribution in [0.5, 0.6) is 0 Å². The summed E-state index contributed by atoms with van der Waals surface area (Å²) in [5, 5.41) is 2.87. The number of carbonyl (C=O) groups is 1. The third-order valence-corrected chi connectivity index (χ3v) is 3.70. The van der Waals surface area contributed by atoms with Gasteiger partial charge in [0.25, 0.3) is 5.91 Å². The van der Waals surface area contributed by atoms with Gasteiger partial charge >= 0.3 is 0 Å². The highest BCUT2D eigenvalue weighted by Crippen LogP contribution is 2.28. The zero-order valence-corrected chi connectivity index (χ0v) is 11.2. The van der Waals surface area contributed by atoms with E-state index < -0.39 is 0 Å². The Labute approximate surface area is 118 Å². The van der Waals surface area contributed by atoms with Crippen LogP contribution < -0.4 is 11.1 Å². The lowest BCUT2D eigenvalue weighted by Gasteiger charge is -2.22. The van der Waals surface area contributed by atoms with Crippen LogP contribution in [0.2, 0.25) is 0 Å². The van der Waals surface area contributed by atoms with E-state index in [-0.39, 0.29) is 11.9 Å². The molecule has 4 heteroatoms. The molecule has 1 unspecified atom stereocenters. The molecule has 1 atom stereocenters. The molecule has 0 radical (unpaired) electrons. The van der Waals surface area contributed by atoms with Gasteiger partial charge in [-0.3, -0.25) is 9.78 Å². The lowest BCUT2D eigenvalue weighted by molar-refractivity contribution is 0.102. The van der Waals surface area contributed by atoms with Crippen LogP contribution in [0.15, 0.2) is 42.7 Å². The van der Waals surface area contributed by atoms with Crippen LogP contribution in [-0.2, 0) is 6.42 Å². The molecule has 0 spiro atoms. The van der Waals surface area contributed by atoms with Gasteiger partial charge in [-0.1, -0.05) is 6.07 Å². The van der Waals surface area contributed by atoms with Crippen molar-refractivity contribution >= 4 is 11.6 Å². The molecule has 0 bridgehead atoms. The van der Waals surface area contributed by atoms with Crippen molar-refractivity contribution in [2.45, 2.75) is 25.3 Å². The topological polar surface area (TPSA) is 68.0 Å². The number of nitrogens with two attached hydrogens (primary N) is 1. The van der Waals surface area contributed by atoms with Crippen LogP contribution in [0.1, 0.15) is 40.4 Å². The lowest BCUT2D eigenvalue weighted by Crippen LogP contribution is -2.19. The van der Waals surface area contributed by atoms with Gasteiger partial charge in [-0.2, -0.15) is 0 Å². The van der Waals surface area contributed by atoms with E-state index in [0.29, 0.717) is 5.56 Å². The highest BCUT2D eigenvalue weighted by molar-refractivity contribution is 6.04. The van der Waals surface area contributed by atoms with Crippen LogP contribution >= 0.6 is 0 Å². The van der Waals surface area contributed by atoms with E-state index in [9.17, 15) is 4.79 Å². The molecule has 3 N–H and O–H groups in total. The number of pyridine rings is 1. The minimum Gasteiger partial charge on any atom is -0.324 e. The molecule has 1 heterocycles. The molecular weight excluding hydrogens is 250 g/mol. The summed E-state index contributed by atoms with van der Waals surface area (Å²) in [4.78, 5) is 16.1. The van der Waals surface area contributed by atoms with E-state index in [1.165, 1.54) is 11.1 Å². The first-order valence-electron chi connectivity index (χ1n) is 6.84. The Kier molecular flexibility index (Phi) is 3.48. The fourth-order valence-electron chi connectivity index (χ4n) is 2.63. The predicted octanol–water partition coefficient (Wildman–Crippen LogP) is 2.67. The van der Waals surface area contributed by atoms with Crippen molar-refractivity contribution in [3.8, 4) is 0 Å². The first kappa shape index (κ1) is 12.8. The Morgan fingerprint density at radius 1 is 1.25 bits per heavy atom. The molecule has 3 rings (SSSR count). The molecule has 1 amide bonds. The van der Waals surface area contributed by atoms with Crippen LogP contribution in [0.4, 0.5) is 5.69 Å². The van der Waals surface area contributed by atoms with Gasteiger partial charge < -0.3 is 11.1 Å². The Hall–Kier alpha value is -2.20. The normalized spacial score (nSPS) is 17.4. The van der Waals surface area contributed by atoms with Crippen molar-refractivity contribution in [1.82, 2.24) is 4.98 Å². The number of aryl methyl sites for hydroxylation is 1.